The molecule has 0 saturated carbocycles. The summed E-state index contributed by atoms with van der Waals surface area (Å²) in [6.07, 6.45) is 5.15. The van der Waals surface area contributed by atoms with Crippen LogP contribution < -0.4 is 0 Å². The van der Waals surface area contributed by atoms with Crippen LogP contribution in [0.15, 0.2) is 162 Å². The zero-order chi connectivity index (χ0) is 49.0. The van der Waals surface area contributed by atoms with Gasteiger partial charge >= 0.3 is 17.9 Å². The number of rotatable bonds is 13. The third kappa shape index (κ3) is 11.2. The van der Waals surface area contributed by atoms with Crippen LogP contribution >= 0.6 is 0 Å². The minimum atomic E-state index is -1.18. The van der Waals surface area contributed by atoms with Gasteiger partial charge in [-0.2, -0.15) is 15.0 Å². The van der Waals surface area contributed by atoms with Crippen molar-refractivity contribution in [3.8, 4) is 51.5 Å². The second kappa shape index (κ2) is 22.9. The van der Waals surface area contributed by atoms with Gasteiger partial charge in [-0.1, -0.05) is 91.9 Å². The molecule has 0 atom stereocenters. The van der Waals surface area contributed by atoms with Crippen molar-refractivity contribution in [2.24, 2.45) is 9.98 Å². The van der Waals surface area contributed by atoms with E-state index in [0.29, 0.717) is 45.9 Å². The Hall–Kier alpha value is -9.35. The van der Waals surface area contributed by atoms with Crippen LogP contribution in [0, 0.1) is 17.9 Å². The summed E-state index contributed by atoms with van der Waals surface area (Å²) in [6.45, 7) is 10.8. The van der Waals surface area contributed by atoms with Crippen molar-refractivity contribution in [3.05, 3.63) is 202 Å². The van der Waals surface area contributed by atoms with Crippen LogP contribution in [0.1, 0.15) is 67.3 Å². The number of aliphatic imine (C=N–C) groups is 2. The van der Waals surface area contributed by atoms with Crippen molar-refractivity contribution >= 4 is 47.4 Å². The number of carboxylic acids is 2. The van der Waals surface area contributed by atoms with Gasteiger partial charge in [-0.15, -0.1) is 0 Å². The van der Waals surface area contributed by atoms with Crippen LogP contribution in [0.25, 0.3) is 38.5 Å². The van der Waals surface area contributed by atoms with Crippen LogP contribution in [0.3, 0.4) is 0 Å². The number of aromatic hydroxyl groups is 2. The maximum absolute atomic E-state index is 12.5. The third-order valence-corrected chi connectivity index (χ3v) is 10.7. The predicted molar refractivity (Wildman–Crippen MR) is 261 cm³/mol. The molecule has 0 saturated heterocycles. The topological polar surface area (TPSA) is 217 Å². The molecule has 8 rings (SSSR count). The number of aryl methyl sites for hydroxylation is 1. The summed E-state index contributed by atoms with van der Waals surface area (Å²) in [5.74, 6) is -3.42. The molecule has 0 bridgehead atoms. The van der Waals surface area contributed by atoms with Gasteiger partial charge in [0.05, 0.1) is 64.1 Å². The Morgan fingerprint density at radius 1 is 0.700 bits per heavy atom. The van der Waals surface area contributed by atoms with Crippen molar-refractivity contribution in [2.75, 3.05) is 6.61 Å². The van der Waals surface area contributed by atoms with Crippen LogP contribution in [-0.2, 0) is 27.9 Å². The number of carbonyl (C=O) groups is 3. The largest absolute Gasteiger partial charge is 0.494 e. The molecule has 0 aliphatic rings. The molecule has 15 nitrogen and oxygen atoms in total. The van der Waals surface area contributed by atoms with Gasteiger partial charge < -0.3 is 25.2 Å². The third-order valence-electron chi connectivity index (χ3n) is 10.7. The van der Waals surface area contributed by atoms with E-state index in [2.05, 4.69) is 26.0 Å². The zero-order valence-electron chi connectivity index (χ0n) is 37.4. The van der Waals surface area contributed by atoms with Crippen LogP contribution in [0.4, 0.5) is 17.1 Å². The normalized spacial score (nSPS) is 10.7. The molecule has 70 heavy (non-hydrogen) atoms. The Morgan fingerprint density at radius 2 is 1.21 bits per heavy atom. The number of carboxylic acid groups (broad SMARTS) is 2. The molecule has 0 aliphatic carbocycles. The SMILES string of the molecule is CCc1cn(-c2ccc(C#N)cc2)c(O)c1C=Nc1ccc(-c2ccccc2)cc1C(=O)O.[C-]#[N+]c1ccc(-n2nc(C(=O)OCC)c(C=Nc3ccc(-c4ccccc4)cc3C(=O)O)c2O)cc1.[Co]. The van der Waals surface area contributed by atoms with E-state index in [1.807, 2.05) is 79.9 Å². The summed E-state index contributed by atoms with van der Waals surface area (Å²) >= 11 is 0. The van der Waals surface area contributed by atoms with E-state index in [1.54, 1.807) is 84.3 Å². The summed E-state index contributed by atoms with van der Waals surface area (Å²) in [7, 11) is 0. The van der Waals surface area contributed by atoms with E-state index < -0.39 is 23.8 Å². The van der Waals surface area contributed by atoms with Gasteiger partial charge in [-0.25, -0.2) is 19.2 Å². The summed E-state index contributed by atoms with van der Waals surface area (Å²) in [5.41, 5.74) is 6.92. The van der Waals surface area contributed by atoms with Gasteiger partial charge in [0.1, 0.15) is 0 Å². The maximum Gasteiger partial charge on any atom is 0.359 e. The van der Waals surface area contributed by atoms with Gasteiger partial charge in [0.25, 0.3) is 0 Å². The molecule has 2 heterocycles. The van der Waals surface area contributed by atoms with Gasteiger partial charge in [0.15, 0.2) is 11.4 Å². The minimum absolute atomic E-state index is 0. The number of esters is 1. The van der Waals surface area contributed by atoms with Crippen LogP contribution in [-0.4, -0.2) is 71.7 Å². The first-order chi connectivity index (χ1) is 33.4. The van der Waals surface area contributed by atoms with Crippen LogP contribution in [0.2, 0.25) is 0 Å². The maximum atomic E-state index is 12.5. The fourth-order valence-corrected chi connectivity index (χ4v) is 7.14. The Bertz CT molecular complexity index is 3330. The van der Waals surface area contributed by atoms with Gasteiger partial charge in [0, 0.05) is 41.1 Å². The van der Waals surface area contributed by atoms with Gasteiger partial charge in [-0.05, 0) is 102 Å². The minimum Gasteiger partial charge on any atom is -0.494 e. The average Bonchev–Trinajstić information content (AvgIpc) is 3.89. The quantitative estimate of drug-likeness (QED) is 0.0487. The first-order valence-corrected chi connectivity index (χ1v) is 21.3. The van der Waals surface area contributed by atoms with Crippen molar-refractivity contribution in [1.29, 1.82) is 5.26 Å². The molecule has 0 fully saturated rings. The molecule has 0 aliphatic heterocycles. The molecule has 0 unspecified atom stereocenters. The number of ether oxygens (including phenoxy) is 1. The Morgan fingerprint density at radius 3 is 1.69 bits per heavy atom. The van der Waals surface area contributed by atoms with Crippen molar-refractivity contribution in [3.63, 3.8) is 0 Å². The van der Waals surface area contributed by atoms with Crippen molar-refractivity contribution < 1.29 is 56.3 Å². The number of nitrogens with zero attached hydrogens (tertiary/aromatic N) is 7. The molecule has 6 aromatic carbocycles. The van der Waals surface area contributed by atoms with Crippen molar-refractivity contribution in [1.82, 2.24) is 14.3 Å². The van der Waals surface area contributed by atoms with E-state index in [1.165, 1.54) is 18.5 Å². The number of carbonyl (C=O) groups excluding carboxylic acids is 1. The molecular weight excluding hydrogens is 934 g/mol. The fourth-order valence-electron chi connectivity index (χ4n) is 7.14. The molecule has 4 N–H and O–H groups in total. The number of aromatic carboxylic acids is 2. The predicted octanol–water partition coefficient (Wildman–Crippen LogP) is 11.2. The van der Waals surface area contributed by atoms with E-state index in [-0.39, 0.29) is 57.3 Å². The Labute approximate surface area is 412 Å². The first kappa shape index (κ1) is 50.1. The molecule has 8 aromatic rings. The summed E-state index contributed by atoms with van der Waals surface area (Å²) in [5, 5.41) is 54.4. The molecule has 0 amide bonds. The summed E-state index contributed by atoms with van der Waals surface area (Å²) in [4.78, 5) is 48.4. The summed E-state index contributed by atoms with van der Waals surface area (Å²) < 4.78 is 7.81. The first-order valence-electron chi connectivity index (χ1n) is 21.3. The monoisotopic (exact) mass is 974 g/mol. The van der Waals surface area contributed by atoms with E-state index in [4.69, 9.17) is 16.6 Å². The molecule has 2 aromatic heterocycles. The molecule has 16 heteroatoms. The number of aromatic nitrogens is 3. The Kier molecular flexibility index (Phi) is 16.4. The van der Waals surface area contributed by atoms with E-state index >= 15 is 0 Å². The molecule has 0 spiro atoms. The average molecular weight is 975 g/mol. The summed E-state index contributed by atoms with van der Waals surface area (Å²) in [6, 6.07) is 43.9. The second-order valence-corrected chi connectivity index (χ2v) is 14.9. The van der Waals surface area contributed by atoms with E-state index in [0.717, 1.165) is 26.9 Å². The molecular formula is C54H41CoN7O8. The number of nitriles is 1. The molecule has 349 valence electrons. The van der Waals surface area contributed by atoms with Crippen LogP contribution in [0.5, 0.6) is 11.8 Å². The standard InChI is InChI=1S/C27H20N4O5.C27H21N3O3.Co/c1-3-36-27(35)24-22(25(32)31(30-24)20-12-10-19(28-2)11-13-20)16-29-23-14-9-18(15-21(23)26(33)34)17-7-5-4-6-8-17;1-2-19-17-30(22-11-8-18(15-28)9-12-22)26(31)24(19)16-29-25-13-10-21(14-23(25)27(32)33)20-6-4-3-5-7-20;/h4-16,32H,3H2,1H3,(H,33,34);3-14,16-17,31H,2H2,1H3,(H,32,33);. The second-order valence-electron chi connectivity index (χ2n) is 14.9. The van der Waals surface area contributed by atoms with E-state index in [9.17, 15) is 34.8 Å². The Balaban J connectivity index is 0.000000227. The smallest absolute Gasteiger partial charge is 0.359 e. The number of benzene rings is 6. The molecule has 1 radical (unpaired) electrons. The fraction of sp³-hybridized carbons (Fsp3) is 0.0741. The zero-order valence-corrected chi connectivity index (χ0v) is 38.4. The number of hydrogen-bond donors (Lipinski definition) is 4. The van der Waals surface area contributed by atoms with Gasteiger partial charge in [0.2, 0.25) is 11.8 Å². The van der Waals surface area contributed by atoms with Crippen molar-refractivity contribution in [2.45, 2.75) is 20.3 Å². The van der Waals surface area contributed by atoms with Gasteiger partial charge in [-0.3, -0.25) is 14.6 Å². The number of hydrogen-bond acceptors (Lipinski definition) is 10.